The van der Waals surface area contributed by atoms with Crippen molar-refractivity contribution in [3.05, 3.63) is 0 Å². The molecule has 1 aliphatic heterocycles. The second-order valence-corrected chi connectivity index (χ2v) is 2.25. The maximum atomic E-state index is 4.89. The monoisotopic (exact) mass is 148 g/mol. The zero-order valence-electron chi connectivity index (χ0n) is 4.05. The summed E-state index contributed by atoms with van der Waals surface area (Å²) in [5.41, 5.74) is 0. The SMILES string of the molecule is S=C1COCC(=S)O1. The lowest BCUT2D eigenvalue weighted by molar-refractivity contribution is 0.173. The molecule has 1 saturated heterocycles. The fraction of sp³-hybridized carbons (Fsp3) is 0.500. The topological polar surface area (TPSA) is 18.5 Å². The molecule has 8 heavy (non-hydrogen) atoms. The van der Waals surface area contributed by atoms with Crippen LogP contribution in [0.5, 0.6) is 0 Å². The highest BCUT2D eigenvalue weighted by atomic mass is 32.1. The quantitative estimate of drug-likeness (QED) is 0.470. The average molecular weight is 148 g/mol. The van der Waals surface area contributed by atoms with Gasteiger partial charge in [-0.1, -0.05) is 0 Å². The minimum atomic E-state index is 0.398. The Labute approximate surface area is 57.8 Å². The normalized spacial score (nSPS) is 20.5. The van der Waals surface area contributed by atoms with Gasteiger partial charge in [0.15, 0.2) is 10.1 Å². The molecule has 1 aliphatic rings. The van der Waals surface area contributed by atoms with Gasteiger partial charge in [-0.3, -0.25) is 0 Å². The first-order chi connectivity index (χ1) is 3.79. The molecule has 0 spiro atoms. The van der Waals surface area contributed by atoms with Crippen LogP contribution in [-0.2, 0) is 9.47 Å². The van der Waals surface area contributed by atoms with E-state index < -0.39 is 0 Å². The Hall–Kier alpha value is -0.0600. The molecule has 1 fully saturated rings. The van der Waals surface area contributed by atoms with Crippen LogP contribution in [0.15, 0.2) is 0 Å². The Morgan fingerprint density at radius 2 is 1.62 bits per heavy atom. The van der Waals surface area contributed by atoms with E-state index in [-0.39, 0.29) is 0 Å². The van der Waals surface area contributed by atoms with Crippen LogP contribution >= 0.6 is 24.4 Å². The summed E-state index contributed by atoms with van der Waals surface area (Å²) < 4.78 is 9.71. The first-order valence-corrected chi connectivity index (χ1v) is 2.92. The van der Waals surface area contributed by atoms with Crippen LogP contribution in [0.3, 0.4) is 0 Å². The molecule has 0 bridgehead atoms. The van der Waals surface area contributed by atoms with E-state index in [1.807, 2.05) is 0 Å². The molecule has 0 saturated carbocycles. The lowest BCUT2D eigenvalue weighted by Crippen LogP contribution is -2.25. The number of hydrogen-bond donors (Lipinski definition) is 0. The van der Waals surface area contributed by atoms with Crippen LogP contribution in [0.4, 0.5) is 0 Å². The van der Waals surface area contributed by atoms with Crippen molar-refractivity contribution < 1.29 is 9.47 Å². The summed E-state index contributed by atoms with van der Waals surface area (Å²) in [4.78, 5) is 0. The third-order valence-corrected chi connectivity index (χ3v) is 1.07. The second-order valence-electron chi connectivity index (χ2n) is 1.34. The van der Waals surface area contributed by atoms with E-state index in [1.165, 1.54) is 0 Å². The molecule has 0 aromatic rings. The van der Waals surface area contributed by atoms with Gasteiger partial charge in [0, 0.05) is 0 Å². The Morgan fingerprint density at radius 3 is 1.88 bits per heavy atom. The van der Waals surface area contributed by atoms with E-state index in [9.17, 15) is 0 Å². The van der Waals surface area contributed by atoms with Crippen LogP contribution in [-0.4, -0.2) is 23.3 Å². The van der Waals surface area contributed by atoms with Crippen molar-refractivity contribution in [1.82, 2.24) is 0 Å². The van der Waals surface area contributed by atoms with Crippen molar-refractivity contribution in [3.8, 4) is 0 Å². The van der Waals surface area contributed by atoms with Gasteiger partial charge in [0.25, 0.3) is 0 Å². The third-order valence-electron chi connectivity index (χ3n) is 0.667. The first-order valence-electron chi connectivity index (χ1n) is 2.10. The molecule has 1 rings (SSSR count). The number of thiocarbonyl (C=S) groups is 2. The van der Waals surface area contributed by atoms with Gasteiger partial charge < -0.3 is 9.47 Å². The molecule has 0 amide bonds. The lowest BCUT2D eigenvalue weighted by Gasteiger charge is -2.13. The highest BCUT2D eigenvalue weighted by Crippen LogP contribution is 1.96. The molecule has 4 heteroatoms. The van der Waals surface area contributed by atoms with Crippen molar-refractivity contribution >= 4 is 34.5 Å². The first kappa shape index (κ1) is 6.07. The molecular formula is C4H4O2S2. The van der Waals surface area contributed by atoms with E-state index >= 15 is 0 Å². The van der Waals surface area contributed by atoms with Gasteiger partial charge in [0.2, 0.25) is 0 Å². The largest absolute Gasteiger partial charge is 0.438 e. The molecule has 44 valence electrons. The summed E-state index contributed by atoms with van der Waals surface area (Å²) in [5, 5.41) is 0.863. The molecule has 0 aromatic carbocycles. The summed E-state index contributed by atoms with van der Waals surface area (Å²) in [5.74, 6) is 0. The highest BCUT2D eigenvalue weighted by molar-refractivity contribution is 7.81. The molecular weight excluding hydrogens is 144 g/mol. The van der Waals surface area contributed by atoms with E-state index in [0.29, 0.717) is 23.3 Å². The van der Waals surface area contributed by atoms with Crippen LogP contribution < -0.4 is 0 Å². The predicted molar refractivity (Wildman–Crippen MR) is 37.1 cm³/mol. The van der Waals surface area contributed by atoms with Gasteiger partial charge >= 0.3 is 0 Å². The summed E-state index contributed by atoms with van der Waals surface area (Å²) in [6, 6.07) is 0. The lowest BCUT2D eigenvalue weighted by atomic mass is 10.6. The van der Waals surface area contributed by atoms with Crippen molar-refractivity contribution in [1.29, 1.82) is 0 Å². The third kappa shape index (κ3) is 1.47. The summed E-state index contributed by atoms with van der Waals surface area (Å²) in [6.45, 7) is 0.797. The zero-order valence-corrected chi connectivity index (χ0v) is 5.68. The molecule has 0 radical (unpaired) electrons. The summed E-state index contributed by atoms with van der Waals surface area (Å²) in [6.07, 6.45) is 0. The average Bonchev–Trinajstić information content (AvgIpc) is 1.64. The minimum absolute atomic E-state index is 0.398. The van der Waals surface area contributed by atoms with Crippen LogP contribution in [0.1, 0.15) is 0 Å². The van der Waals surface area contributed by atoms with Gasteiger partial charge in [-0.15, -0.1) is 0 Å². The Kier molecular flexibility index (Phi) is 1.88. The Balaban J connectivity index is 2.45. The number of hydrogen-bond acceptors (Lipinski definition) is 4. The fourth-order valence-electron chi connectivity index (χ4n) is 0.404. The minimum Gasteiger partial charge on any atom is -0.438 e. The van der Waals surface area contributed by atoms with Gasteiger partial charge in [-0.2, -0.15) is 0 Å². The molecule has 0 unspecified atom stereocenters. The van der Waals surface area contributed by atoms with Crippen LogP contribution in [0.25, 0.3) is 0 Å². The van der Waals surface area contributed by atoms with Crippen LogP contribution in [0.2, 0.25) is 0 Å². The number of ether oxygens (including phenoxy) is 2. The molecule has 2 nitrogen and oxygen atoms in total. The zero-order chi connectivity index (χ0) is 5.98. The van der Waals surface area contributed by atoms with Crippen molar-refractivity contribution in [2.24, 2.45) is 0 Å². The van der Waals surface area contributed by atoms with Crippen molar-refractivity contribution in [2.45, 2.75) is 0 Å². The molecule has 0 atom stereocenters. The van der Waals surface area contributed by atoms with Crippen LogP contribution in [0, 0.1) is 0 Å². The Bertz CT molecular complexity index is 118. The molecule has 0 aliphatic carbocycles. The molecule has 0 N–H and O–H groups in total. The molecule has 0 aromatic heterocycles. The number of rotatable bonds is 0. The van der Waals surface area contributed by atoms with Crippen molar-refractivity contribution in [3.63, 3.8) is 0 Å². The standard InChI is InChI=1S/C4H4O2S2/c7-3-1-5-2-4(8)6-3/h1-2H2. The van der Waals surface area contributed by atoms with Crippen molar-refractivity contribution in [2.75, 3.05) is 13.2 Å². The van der Waals surface area contributed by atoms with Gasteiger partial charge in [0.05, 0.1) is 0 Å². The van der Waals surface area contributed by atoms with Gasteiger partial charge in [0.1, 0.15) is 13.2 Å². The highest BCUT2D eigenvalue weighted by Gasteiger charge is 2.09. The van der Waals surface area contributed by atoms with E-state index in [1.54, 1.807) is 0 Å². The Morgan fingerprint density at radius 1 is 1.12 bits per heavy atom. The smallest absolute Gasteiger partial charge is 0.194 e. The summed E-state index contributed by atoms with van der Waals surface area (Å²) in [7, 11) is 0. The van der Waals surface area contributed by atoms with E-state index in [2.05, 4.69) is 24.4 Å². The summed E-state index contributed by atoms with van der Waals surface area (Å²) >= 11 is 9.30. The molecule has 1 heterocycles. The van der Waals surface area contributed by atoms with E-state index in [0.717, 1.165) is 0 Å². The second kappa shape index (κ2) is 2.48. The fourth-order valence-corrected chi connectivity index (χ4v) is 0.824. The van der Waals surface area contributed by atoms with E-state index in [4.69, 9.17) is 9.47 Å². The van der Waals surface area contributed by atoms with Gasteiger partial charge in [-0.25, -0.2) is 0 Å². The predicted octanol–water partition coefficient (Wildman–Crippen LogP) is 0.688. The maximum absolute atomic E-state index is 4.89. The van der Waals surface area contributed by atoms with Gasteiger partial charge in [-0.05, 0) is 24.4 Å². The maximum Gasteiger partial charge on any atom is 0.194 e.